The molecule has 0 saturated carbocycles. The highest BCUT2D eigenvalue weighted by Crippen LogP contribution is 2.39. The number of nitrogens with zero attached hydrogens (tertiary/aromatic N) is 3. The number of hydrogen-bond acceptors (Lipinski definition) is 2. The van der Waals surface area contributed by atoms with Crippen molar-refractivity contribution in [2.45, 2.75) is 19.8 Å². The van der Waals surface area contributed by atoms with E-state index in [4.69, 9.17) is 6.57 Å². The number of nitriles is 1. The first-order chi connectivity index (χ1) is 15.6. The maximum atomic E-state index is 9.75. The van der Waals surface area contributed by atoms with Crippen molar-refractivity contribution >= 4 is 22.7 Å². The summed E-state index contributed by atoms with van der Waals surface area (Å²) in [5.41, 5.74) is 7.29. The minimum absolute atomic E-state index is 0.432. The van der Waals surface area contributed by atoms with Crippen molar-refractivity contribution in [3.05, 3.63) is 120 Å². The lowest BCUT2D eigenvalue weighted by Gasteiger charge is -2.27. The molecule has 0 saturated heterocycles. The fourth-order valence-electron chi connectivity index (χ4n) is 3.93. The van der Waals surface area contributed by atoms with Crippen LogP contribution in [0, 0.1) is 17.9 Å². The maximum absolute atomic E-state index is 9.75. The summed E-state index contributed by atoms with van der Waals surface area (Å²) in [4.78, 5) is 5.60. The van der Waals surface area contributed by atoms with Crippen LogP contribution in [0.5, 0.6) is 0 Å². The van der Waals surface area contributed by atoms with Crippen molar-refractivity contribution in [2.75, 3.05) is 4.90 Å². The van der Waals surface area contributed by atoms with Crippen molar-refractivity contribution in [3.63, 3.8) is 0 Å². The predicted molar refractivity (Wildman–Crippen MR) is 132 cm³/mol. The molecule has 0 spiro atoms. The summed E-state index contributed by atoms with van der Waals surface area (Å²) in [5.74, 6) is 0.432. The van der Waals surface area contributed by atoms with Crippen molar-refractivity contribution in [1.82, 2.24) is 0 Å². The van der Waals surface area contributed by atoms with E-state index in [0.717, 1.165) is 16.9 Å². The van der Waals surface area contributed by atoms with Crippen LogP contribution in [0.25, 0.3) is 16.0 Å². The lowest BCUT2D eigenvalue weighted by atomic mass is 9.92. The van der Waals surface area contributed by atoms with Gasteiger partial charge in [-0.25, -0.2) is 4.85 Å². The molecule has 0 amide bonds. The highest BCUT2D eigenvalue weighted by atomic mass is 15.1. The van der Waals surface area contributed by atoms with Crippen LogP contribution in [-0.4, -0.2) is 0 Å². The second-order valence-corrected chi connectivity index (χ2v) is 7.88. The number of hydrogen-bond donors (Lipinski definition) is 0. The average Bonchev–Trinajstić information content (AvgIpc) is 2.85. The standard InChI is InChI=1S/C29H23N3/c1-21(2)27-11-7-8-12-28(27)22-14-17-26(18-15-22)32(25-9-5-4-6-10-25)29-19-24(31-3)16-13-23(29)20-30/h4-19,21H,1-2H3. The third kappa shape index (κ3) is 4.10. The lowest BCUT2D eigenvalue weighted by Crippen LogP contribution is -2.11. The number of para-hydroxylation sites is 1. The van der Waals surface area contributed by atoms with Crippen LogP contribution < -0.4 is 4.90 Å². The second-order valence-electron chi connectivity index (χ2n) is 7.88. The molecule has 32 heavy (non-hydrogen) atoms. The first-order valence-electron chi connectivity index (χ1n) is 10.6. The largest absolute Gasteiger partial charge is 0.310 e. The Kier molecular flexibility index (Phi) is 6.02. The van der Waals surface area contributed by atoms with Crippen molar-refractivity contribution < 1.29 is 0 Å². The SMILES string of the molecule is [C-]#[N+]c1ccc(C#N)c(N(c2ccccc2)c2ccc(-c3ccccc3C(C)C)cc2)c1. The Balaban J connectivity index is 1.85. The van der Waals surface area contributed by atoms with Crippen LogP contribution in [0.3, 0.4) is 0 Å². The first-order valence-corrected chi connectivity index (χ1v) is 10.6. The van der Waals surface area contributed by atoms with Crippen LogP contribution in [0.4, 0.5) is 22.7 Å². The van der Waals surface area contributed by atoms with Crippen LogP contribution in [0.15, 0.2) is 97.1 Å². The summed E-state index contributed by atoms with van der Waals surface area (Å²) >= 11 is 0. The van der Waals surface area contributed by atoms with E-state index in [1.54, 1.807) is 18.2 Å². The van der Waals surface area contributed by atoms with Gasteiger partial charge in [0.15, 0.2) is 5.69 Å². The van der Waals surface area contributed by atoms with Gasteiger partial charge in [0.05, 0.1) is 17.8 Å². The summed E-state index contributed by atoms with van der Waals surface area (Å²) in [7, 11) is 0. The Morgan fingerprint density at radius 3 is 2.12 bits per heavy atom. The minimum Gasteiger partial charge on any atom is -0.310 e. The van der Waals surface area contributed by atoms with Gasteiger partial charge in [-0.1, -0.05) is 80.6 Å². The molecule has 154 valence electrons. The van der Waals surface area contributed by atoms with Gasteiger partial charge in [0.1, 0.15) is 6.07 Å². The average molecular weight is 414 g/mol. The van der Waals surface area contributed by atoms with E-state index in [1.807, 2.05) is 35.2 Å². The van der Waals surface area contributed by atoms with Gasteiger partial charge < -0.3 is 4.90 Å². The quantitative estimate of drug-likeness (QED) is 0.308. The van der Waals surface area contributed by atoms with Crippen LogP contribution in [-0.2, 0) is 0 Å². The highest BCUT2D eigenvalue weighted by molar-refractivity contribution is 5.83. The Morgan fingerprint density at radius 2 is 1.47 bits per heavy atom. The predicted octanol–water partition coefficient (Wildman–Crippen LogP) is 8.37. The number of rotatable bonds is 5. The van der Waals surface area contributed by atoms with E-state index in [1.165, 1.54) is 11.1 Å². The molecule has 0 N–H and O–H groups in total. The minimum atomic E-state index is 0.432. The van der Waals surface area contributed by atoms with Gasteiger partial charge in [0, 0.05) is 11.4 Å². The lowest BCUT2D eigenvalue weighted by molar-refractivity contribution is 0.869. The van der Waals surface area contributed by atoms with Crippen molar-refractivity contribution in [2.24, 2.45) is 0 Å². The summed E-state index contributed by atoms with van der Waals surface area (Å²) in [6, 6.07) is 34.3. The van der Waals surface area contributed by atoms with Crippen molar-refractivity contribution in [1.29, 1.82) is 5.26 Å². The zero-order valence-electron chi connectivity index (χ0n) is 18.2. The molecule has 0 heterocycles. The highest BCUT2D eigenvalue weighted by Gasteiger charge is 2.17. The van der Waals surface area contributed by atoms with Gasteiger partial charge in [-0.05, 0) is 52.9 Å². The van der Waals surface area contributed by atoms with Gasteiger partial charge in [-0.15, -0.1) is 0 Å². The molecule has 0 aliphatic heterocycles. The molecule has 4 aromatic rings. The Hall–Kier alpha value is -4.34. The smallest absolute Gasteiger partial charge is 0.189 e. The van der Waals surface area contributed by atoms with Gasteiger partial charge in [0.25, 0.3) is 0 Å². The van der Waals surface area contributed by atoms with E-state index in [9.17, 15) is 5.26 Å². The maximum Gasteiger partial charge on any atom is 0.189 e. The third-order valence-corrected chi connectivity index (χ3v) is 5.51. The molecule has 0 unspecified atom stereocenters. The van der Waals surface area contributed by atoms with E-state index in [0.29, 0.717) is 22.9 Å². The molecule has 3 heteroatoms. The Labute approximate surface area is 189 Å². The van der Waals surface area contributed by atoms with Crippen molar-refractivity contribution in [3.8, 4) is 17.2 Å². The molecular weight excluding hydrogens is 390 g/mol. The molecule has 3 nitrogen and oxygen atoms in total. The summed E-state index contributed by atoms with van der Waals surface area (Å²) in [6.45, 7) is 11.8. The molecule has 0 atom stereocenters. The molecule has 0 bridgehead atoms. The van der Waals surface area contributed by atoms with Gasteiger partial charge in [-0.2, -0.15) is 5.26 Å². The molecule has 0 aromatic heterocycles. The number of benzene rings is 4. The van der Waals surface area contributed by atoms with Gasteiger partial charge in [0.2, 0.25) is 0 Å². The summed E-state index contributed by atoms with van der Waals surface area (Å²) < 4.78 is 0. The van der Waals surface area contributed by atoms with E-state index in [-0.39, 0.29) is 0 Å². The topological polar surface area (TPSA) is 31.4 Å². The van der Waals surface area contributed by atoms with E-state index >= 15 is 0 Å². The monoisotopic (exact) mass is 413 g/mol. The summed E-state index contributed by atoms with van der Waals surface area (Å²) in [5, 5.41) is 9.75. The van der Waals surface area contributed by atoms with Crippen LogP contribution in [0.2, 0.25) is 0 Å². The fraction of sp³-hybridized carbons (Fsp3) is 0.103. The molecule has 0 aliphatic rings. The molecular formula is C29H23N3. The third-order valence-electron chi connectivity index (χ3n) is 5.51. The summed E-state index contributed by atoms with van der Waals surface area (Å²) in [6.07, 6.45) is 0. The Bertz CT molecular complexity index is 1310. The van der Waals surface area contributed by atoms with Gasteiger partial charge in [-0.3, -0.25) is 0 Å². The molecule has 0 radical (unpaired) electrons. The molecule has 0 fully saturated rings. The Morgan fingerprint density at radius 1 is 0.812 bits per heavy atom. The zero-order chi connectivity index (χ0) is 22.5. The van der Waals surface area contributed by atoms with Gasteiger partial charge >= 0.3 is 0 Å². The second kappa shape index (κ2) is 9.21. The fourth-order valence-corrected chi connectivity index (χ4v) is 3.93. The number of anilines is 3. The normalized spacial score (nSPS) is 10.4. The molecule has 0 aliphatic carbocycles. The van der Waals surface area contributed by atoms with Crippen LogP contribution >= 0.6 is 0 Å². The van der Waals surface area contributed by atoms with Crippen LogP contribution in [0.1, 0.15) is 30.9 Å². The molecule has 4 aromatic carbocycles. The molecule has 4 rings (SSSR count). The first kappa shape index (κ1) is 20.9. The van der Waals surface area contributed by atoms with E-state index < -0.39 is 0 Å². The zero-order valence-corrected chi connectivity index (χ0v) is 18.2. The van der Waals surface area contributed by atoms with E-state index in [2.05, 4.69) is 73.3 Å².